The maximum absolute atomic E-state index is 11.8. The van der Waals surface area contributed by atoms with Gasteiger partial charge in [-0.1, -0.05) is 13.0 Å². The number of carboxylic acids is 1. The van der Waals surface area contributed by atoms with Gasteiger partial charge in [-0.15, -0.1) is 12.4 Å². The van der Waals surface area contributed by atoms with Crippen LogP contribution in [0.4, 0.5) is 0 Å². The van der Waals surface area contributed by atoms with E-state index in [1.54, 1.807) is 18.2 Å². The lowest BCUT2D eigenvalue weighted by atomic mass is 9.90. The molecule has 0 aromatic heterocycles. The molecular weight excluding hydrogens is 254 g/mol. The van der Waals surface area contributed by atoms with Gasteiger partial charge in [0, 0.05) is 13.0 Å². The van der Waals surface area contributed by atoms with Crippen LogP contribution in [0.15, 0.2) is 18.2 Å². The van der Waals surface area contributed by atoms with Crippen molar-refractivity contribution in [1.82, 2.24) is 5.32 Å². The third kappa shape index (κ3) is 2.71. The van der Waals surface area contributed by atoms with Crippen molar-refractivity contribution in [3.63, 3.8) is 0 Å². The highest BCUT2D eigenvalue weighted by Crippen LogP contribution is 2.25. The number of ketones is 1. The smallest absolute Gasteiger partial charge is 0.335 e. The number of carboxylic acid groups (broad SMARTS) is 1. The zero-order chi connectivity index (χ0) is 12.4. The van der Waals surface area contributed by atoms with Gasteiger partial charge in [-0.05, 0) is 29.7 Å². The molecule has 0 bridgehead atoms. The van der Waals surface area contributed by atoms with E-state index in [0.29, 0.717) is 13.0 Å². The lowest BCUT2D eigenvalue weighted by Crippen LogP contribution is -2.35. The molecule has 0 saturated carbocycles. The van der Waals surface area contributed by atoms with Crippen LogP contribution >= 0.6 is 12.4 Å². The molecule has 1 aromatic carbocycles. The molecule has 1 unspecified atom stereocenters. The van der Waals surface area contributed by atoms with Crippen LogP contribution in [0.1, 0.15) is 40.9 Å². The van der Waals surface area contributed by atoms with Gasteiger partial charge in [-0.3, -0.25) is 4.79 Å². The number of nitrogens with one attached hydrogen (secondary N) is 1. The first-order valence-electron chi connectivity index (χ1n) is 5.75. The fourth-order valence-electron chi connectivity index (χ4n) is 2.19. The first-order chi connectivity index (χ1) is 8.13. The largest absolute Gasteiger partial charge is 0.478 e. The van der Waals surface area contributed by atoms with Gasteiger partial charge in [0.15, 0.2) is 5.78 Å². The standard InChI is InChI=1S/C13H15NO3.ClH/c1-2-11(15)12-10-4-3-9(13(16)17)7-8(10)5-6-14-12;/h3-4,7,12,14H,2,5-6H2,1H3,(H,16,17);1H. The highest BCUT2D eigenvalue weighted by atomic mass is 35.5. The van der Waals surface area contributed by atoms with Gasteiger partial charge in [0.25, 0.3) is 0 Å². The second-order valence-corrected chi connectivity index (χ2v) is 4.18. The second-order valence-electron chi connectivity index (χ2n) is 4.18. The number of aromatic carboxylic acids is 1. The van der Waals surface area contributed by atoms with Crippen molar-refractivity contribution in [1.29, 1.82) is 0 Å². The van der Waals surface area contributed by atoms with E-state index in [1.165, 1.54) is 0 Å². The van der Waals surface area contributed by atoms with E-state index in [9.17, 15) is 9.59 Å². The molecule has 1 aliphatic rings. The zero-order valence-electron chi connectivity index (χ0n) is 10.1. The van der Waals surface area contributed by atoms with Crippen LogP contribution in [0, 0.1) is 0 Å². The van der Waals surface area contributed by atoms with Crippen LogP contribution in [0.25, 0.3) is 0 Å². The number of halogens is 1. The van der Waals surface area contributed by atoms with Gasteiger partial charge in [-0.25, -0.2) is 4.79 Å². The summed E-state index contributed by atoms with van der Waals surface area (Å²) in [7, 11) is 0. The van der Waals surface area contributed by atoms with Crippen molar-refractivity contribution < 1.29 is 14.7 Å². The van der Waals surface area contributed by atoms with Crippen LogP contribution in [0.5, 0.6) is 0 Å². The minimum Gasteiger partial charge on any atom is -0.478 e. The van der Waals surface area contributed by atoms with Crippen molar-refractivity contribution in [3.05, 3.63) is 34.9 Å². The number of rotatable bonds is 3. The zero-order valence-corrected chi connectivity index (χ0v) is 10.9. The number of fused-ring (bicyclic) bond motifs is 1. The van der Waals surface area contributed by atoms with Crippen molar-refractivity contribution in [2.45, 2.75) is 25.8 Å². The van der Waals surface area contributed by atoms with Crippen LogP contribution in [0.2, 0.25) is 0 Å². The summed E-state index contributed by atoms with van der Waals surface area (Å²) in [5.74, 6) is -0.779. The molecule has 2 N–H and O–H groups in total. The Morgan fingerprint density at radius 2 is 2.17 bits per heavy atom. The predicted molar refractivity (Wildman–Crippen MR) is 70.4 cm³/mol. The molecule has 2 rings (SSSR count). The van der Waals surface area contributed by atoms with Gasteiger partial charge in [0.2, 0.25) is 0 Å². The van der Waals surface area contributed by atoms with Gasteiger partial charge in [-0.2, -0.15) is 0 Å². The third-order valence-corrected chi connectivity index (χ3v) is 3.11. The maximum Gasteiger partial charge on any atom is 0.335 e. The van der Waals surface area contributed by atoms with Crippen LogP contribution in [-0.4, -0.2) is 23.4 Å². The molecule has 0 radical (unpaired) electrons. The number of carbonyl (C=O) groups excluding carboxylic acids is 1. The fourth-order valence-corrected chi connectivity index (χ4v) is 2.19. The molecular formula is C13H16ClNO3. The molecule has 98 valence electrons. The molecule has 1 atom stereocenters. The van der Waals surface area contributed by atoms with Crippen molar-refractivity contribution in [2.75, 3.05) is 6.54 Å². The van der Waals surface area contributed by atoms with Crippen molar-refractivity contribution in [3.8, 4) is 0 Å². The van der Waals surface area contributed by atoms with Crippen LogP contribution < -0.4 is 5.32 Å². The average Bonchev–Trinajstić information content (AvgIpc) is 2.36. The summed E-state index contributed by atoms with van der Waals surface area (Å²) in [5, 5.41) is 12.1. The molecule has 4 nitrogen and oxygen atoms in total. The Labute approximate surface area is 112 Å². The number of benzene rings is 1. The molecule has 0 amide bonds. The SMILES string of the molecule is CCC(=O)C1NCCc2cc(C(=O)O)ccc21.Cl. The second kappa shape index (κ2) is 5.98. The van der Waals surface area contributed by atoms with Gasteiger partial charge in [0.1, 0.15) is 0 Å². The average molecular weight is 270 g/mol. The van der Waals surface area contributed by atoms with E-state index in [0.717, 1.165) is 17.5 Å². The minimum absolute atomic E-state index is 0. The Kier molecular flexibility index (Phi) is 4.87. The van der Waals surface area contributed by atoms with E-state index >= 15 is 0 Å². The van der Waals surface area contributed by atoms with Crippen molar-refractivity contribution in [2.24, 2.45) is 0 Å². The Bertz CT molecular complexity index is 473. The number of carbonyl (C=O) groups is 2. The molecule has 1 aliphatic heterocycles. The molecule has 0 fully saturated rings. The number of Topliss-reactive ketones (excluding diaryl/α,β-unsaturated/α-hetero) is 1. The van der Waals surface area contributed by atoms with E-state index in [4.69, 9.17) is 5.11 Å². The summed E-state index contributed by atoms with van der Waals surface area (Å²) in [4.78, 5) is 22.6. The van der Waals surface area contributed by atoms with E-state index < -0.39 is 5.97 Å². The lowest BCUT2D eigenvalue weighted by Gasteiger charge is -2.25. The van der Waals surface area contributed by atoms with E-state index in [1.807, 2.05) is 6.92 Å². The summed E-state index contributed by atoms with van der Waals surface area (Å²) in [5.41, 5.74) is 2.18. The Morgan fingerprint density at radius 1 is 1.44 bits per heavy atom. The Balaban J connectivity index is 0.00000162. The first-order valence-corrected chi connectivity index (χ1v) is 5.75. The van der Waals surface area contributed by atoms with Gasteiger partial charge in [0.05, 0.1) is 11.6 Å². The topological polar surface area (TPSA) is 66.4 Å². The summed E-state index contributed by atoms with van der Waals surface area (Å²) < 4.78 is 0. The minimum atomic E-state index is -0.926. The maximum atomic E-state index is 11.8. The highest BCUT2D eigenvalue weighted by molar-refractivity contribution is 5.89. The molecule has 0 aliphatic carbocycles. The van der Waals surface area contributed by atoms with E-state index in [-0.39, 0.29) is 29.8 Å². The molecule has 0 saturated heterocycles. The molecule has 1 aromatic rings. The monoisotopic (exact) mass is 269 g/mol. The molecule has 18 heavy (non-hydrogen) atoms. The quantitative estimate of drug-likeness (QED) is 0.880. The summed E-state index contributed by atoms with van der Waals surface area (Å²) in [6.45, 7) is 2.55. The molecule has 0 spiro atoms. The third-order valence-electron chi connectivity index (χ3n) is 3.11. The normalized spacial score (nSPS) is 17.5. The Hall–Kier alpha value is -1.39. The molecule has 1 heterocycles. The lowest BCUT2D eigenvalue weighted by molar-refractivity contribution is -0.121. The van der Waals surface area contributed by atoms with Crippen molar-refractivity contribution >= 4 is 24.2 Å². The van der Waals surface area contributed by atoms with Crippen LogP contribution in [0.3, 0.4) is 0 Å². The first kappa shape index (κ1) is 14.7. The highest BCUT2D eigenvalue weighted by Gasteiger charge is 2.25. The fraction of sp³-hybridized carbons (Fsp3) is 0.385. The number of hydrogen-bond acceptors (Lipinski definition) is 3. The van der Waals surface area contributed by atoms with Gasteiger partial charge < -0.3 is 10.4 Å². The van der Waals surface area contributed by atoms with Gasteiger partial charge >= 0.3 is 5.97 Å². The number of hydrogen-bond donors (Lipinski definition) is 2. The summed E-state index contributed by atoms with van der Waals surface area (Å²) in [6.07, 6.45) is 1.25. The molecule has 5 heteroatoms. The summed E-state index contributed by atoms with van der Waals surface area (Å²) >= 11 is 0. The predicted octanol–water partition coefficient (Wildman–Crippen LogP) is 1.97. The van der Waals surface area contributed by atoms with E-state index in [2.05, 4.69) is 5.32 Å². The summed E-state index contributed by atoms with van der Waals surface area (Å²) in [6, 6.07) is 4.72. The Morgan fingerprint density at radius 3 is 2.78 bits per heavy atom. The van der Waals surface area contributed by atoms with Crippen LogP contribution in [-0.2, 0) is 11.2 Å².